The molecule has 0 saturated carbocycles. The molecule has 1 fully saturated rings. The monoisotopic (exact) mass is 385 g/mol. The van der Waals surface area contributed by atoms with Gasteiger partial charge in [-0.3, -0.25) is 14.2 Å². The quantitative estimate of drug-likeness (QED) is 0.676. The van der Waals surface area contributed by atoms with Crippen LogP contribution in [0.4, 0.5) is 4.39 Å². The number of aromatic nitrogens is 2. The number of hydrogen-bond donors (Lipinski definition) is 0. The Morgan fingerprint density at radius 2 is 2.04 bits per heavy atom. The van der Waals surface area contributed by atoms with Gasteiger partial charge in [-0.15, -0.1) is 0 Å². The van der Waals surface area contributed by atoms with E-state index >= 15 is 0 Å². The molecular formula is C20H17ClFN3O2. The second-order valence-electron chi connectivity index (χ2n) is 6.65. The topological polar surface area (TPSA) is 55.2 Å². The molecule has 0 spiro atoms. The van der Waals surface area contributed by atoms with E-state index in [0.29, 0.717) is 29.6 Å². The van der Waals surface area contributed by atoms with Gasteiger partial charge in [0.1, 0.15) is 5.82 Å². The molecule has 0 aliphatic carbocycles. The maximum atomic E-state index is 13.4. The van der Waals surface area contributed by atoms with E-state index in [1.165, 1.54) is 18.2 Å². The molecule has 5 nitrogen and oxygen atoms in total. The molecule has 2 heterocycles. The van der Waals surface area contributed by atoms with Gasteiger partial charge in [-0.05, 0) is 43.2 Å². The molecule has 1 atom stereocenters. The number of carbonyl (C=O) groups excluding carboxylic acids is 1. The summed E-state index contributed by atoms with van der Waals surface area (Å²) in [6.45, 7) is 0.980. The minimum Gasteiger partial charge on any atom is -0.337 e. The van der Waals surface area contributed by atoms with E-state index in [4.69, 9.17) is 11.6 Å². The van der Waals surface area contributed by atoms with Gasteiger partial charge in [0.25, 0.3) is 11.5 Å². The molecule has 0 bridgehead atoms. The average Bonchev–Trinajstić information content (AvgIpc) is 2.70. The molecule has 4 rings (SSSR count). The van der Waals surface area contributed by atoms with Crippen LogP contribution < -0.4 is 5.56 Å². The summed E-state index contributed by atoms with van der Waals surface area (Å²) in [6.07, 6.45) is 3.11. The van der Waals surface area contributed by atoms with Crippen LogP contribution in [-0.2, 0) is 0 Å². The normalized spacial score (nSPS) is 17.3. The van der Waals surface area contributed by atoms with Crippen LogP contribution in [0.1, 0.15) is 29.2 Å². The molecule has 0 unspecified atom stereocenters. The van der Waals surface area contributed by atoms with E-state index in [0.717, 1.165) is 12.8 Å². The minimum atomic E-state index is -0.557. The summed E-state index contributed by atoms with van der Waals surface area (Å²) >= 11 is 5.80. The van der Waals surface area contributed by atoms with Crippen LogP contribution in [0.5, 0.6) is 0 Å². The number of benzene rings is 2. The van der Waals surface area contributed by atoms with Crippen molar-refractivity contribution < 1.29 is 9.18 Å². The zero-order valence-corrected chi connectivity index (χ0v) is 15.2. The Bertz CT molecular complexity index is 1080. The number of piperidine rings is 1. The summed E-state index contributed by atoms with van der Waals surface area (Å²) in [5.74, 6) is -0.776. The molecule has 2 aromatic carbocycles. The molecule has 27 heavy (non-hydrogen) atoms. The Labute approximate surface area is 160 Å². The van der Waals surface area contributed by atoms with Crippen molar-refractivity contribution in [2.75, 3.05) is 13.1 Å². The number of amides is 1. The summed E-state index contributed by atoms with van der Waals surface area (Å²) in [5.41, 5.74) is 0.888. The second kappa shape index (κ2) is 7.12. The van der Waals surface area contributed by atoms with Crippen molar-refractivity contribution in [2.24, 2.45) is 0 Å². The van der Waals surface area contributed by atoms with Crippen LogP contribution >= 0.6 is 11.6 Å². The summed E-state index contributed by atoms with van der Waals surface area (Å²) in [6, 6.07) is 11.0. The van der Waals surface area contributed by atoms with Gasteiger partial charge < -0.3 is 4.90 Å². The molecule has 0 N–H and O–H groups in total. The lowest BCUT2D eigenvalue weighted by atomic mass is 10.0. The predicted molar refractivity (Wildman–Crippen MR) is 102 cm³/mol. The standard InChI is InChI=1S/C20H17ClFN3O2/c21-16-10-13(7-8-17(16)22)19(26)24-9-3-4-14(11-24)25-12-23-18-6-2-1-5-15(18)20(25)27/h1-2,5-8,10,12,14H,3-4,9,11H2/t14-/m0/s1. The van der Waals surface area contributed by atoms with Crippen molar-refractivity contribution in [3.63, 3.8) is 0 Å². The van der Waals surface area contributed by atoms with Gasteiger partial charge in [-0.2, -0.15) is 0 Å². The maximum Gasteiger partial charge on any atom is 0.261 e. The third kappa shape index (κ3) is 3.32. The van der Waals surface area contributed by atoms with E-state index < -0.39 is 5.82 Å². The zero-order valence-electron chi connectivity index (χ0n) is 14.4. The maximum absolute atomic E-state index is 13.4. The largest absolute Gasteiger partial charge is 0.337 e. The zero-order chi connectivity index (χ0) is 19.0. The van der Waals surface area contributed by atoms with Crippen molar-refractivity contribution in [3.05, 3.63) is 75.5 Å². The number of nitrogens with zero attached hydrogens (tertiary/aromatic N) is 3. The Balaban J connectivity index is 1.61. The van der Waals surface area contributed by atoms with E-state index in [1.807, 2.05) is 12.1 Å². The number of fused-ring (bicyclic) bond motifs is 1. The van der Waals surface area contributed by atoms with Crippen LogP contribution in [0.15, 0.2) is 53.6 Å². The minimum absolute atomic E-state index is 0.0793. The van der Waals surface area contributed by atoms with Gasteiger partial charge in [0.15, 0.2) is 0 Å². The highest BCUT2D eigenvalue weighted by Gasteiger charge is 2.27. The van der Waals surface area contributed by atoms with Gasteiger partial charge >= 0.3 is 0 Å². The number of carbonyl (C=O) groups is 1. The van der Waals surface area contributed by atoms with Gasteiger partial charge in [-0.1, -0.05) is 23.7 Å². The third-order valence-corrected chi connectivity index (χ3v) is 5.22. The number of rotatable bonds is 2. The fraction of sp³-hybridized carbons (Fsp3) is 0.250. The summed E-state index contributed by atoms with van der Waals surface area (Å²) in [7, 11) is 0. The second-order valence-corrected chi connectivity index (χ2v) is 7.06. The molecule has 1 aromatic heterocycles. The predicted octanol–water partition coefficient (Wildman–Crippen LogP) is 3.67. The Hall–Kier alpha value is -2.73. The first-order chi connectivity index (χ1) is 13.0. The molecular weight excluding hydrogens is 369 g/mol. The molecule has 1 aliphatic rings. The van der Waals surface area contributed by atoms with Crippen molar-refractivity contribution >= 4 is 28.4 Å². The average molecular weight is 386 g/mol. The lowest BCUT2D eigenvalue weighted by molar-refractivity contribution is 0.0677. The van der Waals surface area contributed by atoms with Crippen LogP contribution in [0.3, 0.4) is 0 Å². The summed E-state index contributed by atoms with van der Waals surface area (Å²) in [4.78, 5) is 31.6. The van der Waals surface area contributed by atoms with E-state index in [9.17, 15) is 14.0 Å². The number of likely N-dealkylation sites (tertiary alicyclic amines) is 1. The van der Waals surface area contributed by atoms with E-state index in [2.05, 4.69) is 4.98 Å². The smallest absolute Gasteiger partial charge is 0.261 e. The Morgan fingerprint density at radius 1 is 1.22 bits per heavy atom. The lowest BCUT2D eigenvalue weighted by Crippen LogP contribution is -2.43. The Morgan fingerprint density at radius 3 is 2.85 bits per heavy atom. The van der Waals surface area contributed by atoms with Crippen molar-refractivity contribution in [3.8, 4) is 0 Å². The number of hydrogen-bond acceptors (Lipinski definition) is 3. The SMILES string of the molecule is O=C(c1ccc(F)c(Cl)c1)N1CCC[C@H](n2cnc3ccccc3c2=O)C1. The fourth-order valence-electron chi connectivity index (χ4n) is 3.52. The summed E-state index contributed by atoms with van der Waals surface area (Å²) < 4.78 is 15.0. The third-order valence-electron chi connectivity index (χ3n) is 4.93. The fourth-order valence-corrected chi connectivity index (χ4v) is 3.70. The van der Waals surface area contributed by atoms with E-state index in [1.54, 1.807) is 27.9 Å². The van der Waals surface area contributed by atoms with Crippen LogP contribution in [0.2, 0.25) is 5.02 Å². The van der Waals surface area contributed by atoms with Crippen LogP contribution in [-0.4, -0.2) is 33.4 Å². The molecule has 1 saturated heterocycles. The number of halogens is 2. The lowest BCUT2D eigenvalue weighted by Gasteiger charge is -2.33. The number of para-hydroxylation sites is 1. The molecule has 3 aromatic rings. The van der Waals surface area contributed by atoms with E-state index in [-0.39, 0.29) is 22.5 Å². The first-order valence-corrected chi connectivity index (χ1v) is 9.12. The first kappa shape index (κ1) is 17.7. The van der Waals surface area contributed by atoms with Crippen molar-refractivity contribution in [1.82, 2.24) is 14.5 Å². The van der Waals surface area contributed by atoms with Crippen molar-refractivity contribution in [2.45, 2.75) is 18.9 Å². The molecule has 138 valence electrons. The van der Waals surface area contributed by atoms with Gasteiger partial charge in [0, 0.05) is 18.7 Å². The Kier molecular flexibility index (Phi) is 4.66. The first-order valence-electron chi connectivity index (χ1n) is 8.75. The van der Waals surface area contributed by atoms with Crippen LogP contribution in [0.25, 0.3) is 10.9 Å². The van der Waals surface area contributed by atoms with Gasteiger partial charge in [0.05, 0.1) is 28.3 Å². The molecule has 0 radical (unpaired) electrons. The highest BCUT2D eigenvalue weighted by atomic mass is 35.5. The van der Waals surface area contributed by atoms with Crippen molar-refractivity contribution in [1.29, 1.82) is 0 Å². The highest BCUT2D eigenvalue weighted by molar-refractivity contribution is 6.31. The summed E-state index contributed by atoms with van der Waals surface area (Å²) in [5, 5.41) is 0.484. The molecule has 7 heteroatoms. The highest BCUT2D eigenvalue weighted by Crippen LogP contribution is 2.24. The van der Waals surface area contributed by atoms with Crippen LogP contribution in [0, 0.1) is 5.82 Å². The van der Waals surface area contributed by atoms with Gasteiger partial charge in [0.2, 0.25) is 0 Å². The molecule has 1 aliphatic heterocycles. The van der Waals surface area contributed by atoms with Gasteiger partial charge in [-0.25, -0.2) is 9.37 Å². The molecule has 1 amide bonds.